The number of nitrogens with two attached hydrogens (primary N) is 1. The highest BCUT2D eigenvalue weighted by Gasteiger charge is 2.33. The van der Waals surface area contributed by atoms with Gasteiger partial charge in [-0.15, -0.1) is 11.3 Å². The number of unbranched alkanes of at least 4 members (excludes halogenated alkanes) is 5. The molecule has 1 rings (SSSR count). The fourth-order valence-corrected chi connectivity index (χ4v) is 2.57. The van der Waals surface area contributed by atoms with Crippen molar-refractivity contribution in [1.29, 1.82) is 0 Å². The van der Waals surface area contributed by atoms with E-state index in [2.05, 4.69) is 22.2 Å². The first-order chi connectivity index (χ1) is 10.4. The molecule has 3 N–H and O–H groups in total. The van der Waals surface area contributed by atoms with Gasteiger partial charge in [0.15, 0.2) is 11.7 Å². The Kier molecular flexibility index (Phi) is 8.22. The third kappa shape index (κ3) is 7.63. The van der Waals surface area contributed by atoms with Gasteiger partial charge >= 0.3 is 6.18 Å². The zero-order valence-corrected chi connectivity index (χ0v) is 13.6. The second kappa shape index (κ2) is 9.66. The minimum absolute atomic E-state index is 0.0656. The molecule has 0 saturated carbocycles. The van der Waals surface area contributed by atoms with Crippen LogP contribution >= 0.6 is 11.3 Å². The summed E-state index contributed by atoms with van der Waals surface area (Å²) in [5.41, 5.74) is 4.80. The zero-order valence-electron chi connectivity index (χ0n) is 12.7. The number of aromatic nitrogens is 1. The van der Waals surface area contributed by atoms with Gasteiger partial charge < -0.3 is 11.1 Å². The molecule has 1 aromatic heterocycles. The van der Waals surface area contributed by atoms with Crippen LogP contribution in [0.4, 0.5) is 13.2 Å². The van der Waals surface area contributed by atoms with Crippen molar-refractivity contribution in [3.8, 4) is 0 Å². The minimum atomic E-state index is -4.40. The maximum atomic E-state index is 12.4. The van der Waals surface area contributed by atoms with Gasteiger partial charge in [-0.05, 0) is 6.42 Å². The van der Waals surface area contributed by atoms with Crippen LogP contribution in [0, 0.1) is 0 Å². The lowest BCUT2D eigenvalue weighted by Gasteiger charge is -2.05. The van der Waals surface area contributed by atoms with E-state index in [1.165, 1.54) is 25.7 Å². The zero-order chi connectivity index (χ0) is 16.4. The van der Waals surface area contributed by atoms with Crippen molar-refractivity contribution in [1.82, 2.24) is 10.3 Å². The lowest BCUT2D eigenvalue weighted by Crippen LogP contribution is -2.32. The van der Waals surface area contributed by atoms with Crippen molar-refractivity contribution in [2.75, 3.05) is 6.54 Å². The highest BCUT2D eigenvalue weighted by Crippen LogP contribution is 2.30. The van der Waals surface area contributed by atoms with Crippen LogP contribution in [-0.4, -0.2) is 17.5 Å². The lowest BCUT2D eigenvalue weighted by molar-refractivity contribution is -0.140. The van der Waals surface area contributed by atoms with Crippen LogP contribution in [0.3, 0.4) is 0 Å². The standard InChI is InChI=1S/C14H23F3N4S/c1-2-3-4-5-6-7-8-19-13(18)20-9-12-21-11(10-22-12)14(15,16)17/h10H,2-9H2,1H3,(H3,18,19,20). The summed E-state index contributed by atoms with van der Waals surface area (Å²) in [6, 6.07) is 0. The Hall–Kier alpha value is -1.31. The number of halogens is 3. The summed E-state index contributed by atoms with van der Waals surface area (Å²) in [6.07, 6.45) is 2.71. The predicted molar refractivity (Wildman–Crippen MR) is 83.8 cm³/mol. The maximum Gasteiger partial charge on any atom is 0.434 e. The van der Waals surface area contributed by atoms with Gasteiger partial charge in [-0.25, -0.2) is 9.98 Å². The molecule has 0 aliphatic rings. The first-order valence-corrected chi connectivity index (χ1v) is 8.37. The van der Waals surface area contributed by atoms with Crippen molar-refractivity contribution in [3.05, 3.63) is 16.1 Å². The third-order valence-corrected chi connectivity index (χ3v) is 3.90. The molecule has 0 unspecified atom stereocenters. The second-order valence-corrected chi connectivity index (χ2v) is 5.96. The Morgan fingerprint density at radius 2 is 1.95 bits per heavy atom. The summed E-state index contributed by atoms with van der Waals surface area (Å²) in [5, 5.41) is 4.26. The molecule has 0 saturated heterocycles. The molecular formula is C14H23F3N4S. The van der Waals surface area contributed by atoms with E-state index in [9.17, 15) is 13.2 Å². The Bertz CT molecular complexity index is 457. The van der Waals surface area contributed by atoms with Gasteiger partial charge in [-0.3, -0.25) is 0 Å². The molecule has 0 bridgehead atoms. The highest BCUT2D eigenvalue weighted by molar-refractivity contribution is 7.09. The summed E-state index contributed by atoms with van der Waals surface area (Å²) in [7, 11) is 0. The van der Waals surface area contributed by atoms with Gasteiger partial charge in [0, 0.05) is 11.9 Å². The molecule has 1 aromatic rings. The second-order valence-electron chi connectivity index (χ2n) is 5.02. The molecule has 4 nitrogen and oxygen atoms in total. The molecule has 0 aromatic carbocycles. The lowest BCUT2D eigenvalue weighted by atomic mass is 10.1. The van der Waals surface area contributed by atoms with Gasteiger partial charge in [0.25, 0.3) is 0 Å². The Balaban J connectivity index is 2.21. The van der Waals surface area contributed by atoms with E-state index in [-0.39, 0.29) is 12.5 Å². The van der Waals surface area contributed by atoms with Gasteiger partial charge in [-0.1, -0.05) is 39.0 Å². The van der Waals surface area contributed by atoms with Crippen LogP contribution < -0.4 is 11.1 Å². The number of hydrogen-bond donors (Lipinski definition) is 2. The van der Waals surface area contributed by atoms with E-state index in [0.717, 1.165) is 36.1 Å². The molecule has 0 spiro atoms. The Morgan fingerprint density at radius 1 is 1.27 bits per heavy atom. The van der Waals surface area contributed by atoms with Crippen molar-refractivity contribution < 1.29 is 13.2 Å². The van der Waals surface area contributed by atoms with Crippen LogP contribution in [0.15, 0.2) is 10.4 Å². The van der Waals surface area contributed by atoms with E-state index in [0.29, 0.717) is 5.01 Å². The molecule has 0 radical (unpaired) electrons. The summed E-state index contributed by atoms with van der Waals surface area (Å²) >= 11 is 0.936. The topological polar surface area (TPSA) is 63.3 Å². The van der Waals surface area contributed by atoms with Crippen LogP contribution in [0.5, 0.6) is 0 Å². The molecule has 0 aliphatic carbocycles. The fourth-order valence-electron chi connectivity index (χ4n) is 1.84. The van der Waals surface area contributed by atoms with Crippen molar-refractivity contribution in [3.63, 3.8) is 0 Å². The highest BCUT2D eigenvalue weighted by atomic mass is 32.1. The van der Waals surface area contributed by atoms with Crippen molar-refractivity contribution in [2.45, 2.75) is 58.2 Å². The summed E-state index contributed by atoms with van der Waals surface area (Å²) < 4.78 is 37.2. The normalized spacial score (nSPS) is 12.6. The quantitative estimate of drug-likeness (QED) is 0.408. The molecule has 0 amide bonds. The van der Waals surface area contributed by atoms with Gasteiger partial charge in [0.2, 0.25) is 0 Å². The summed E-state index contributed by atoms with van der Waals surface area (Å²) in [4.78, 5) is 7.50. The third-order valence-electron chi connectivity index (χ3n) is 3.06. The number of rotatable bonds is 9. The predicted octanol–water partition coefficient (Wildman–Crippen LogP) is 3.93. The van der Waals surface area contributed by atoms with Crippen LogP contribution in [0.1, 0.15) is 56.2 Å². The van der Waals surface area contributed by atoms with Crippen molar-refractivity contribution in [2.24, 2.45) is 10.7 Å². The van der Waals surface area contributed by atoms with Crippen molar-refractivity contribution >= 4 is 17.3 Å². The largest absolute Gasteiger partial charge is 0.434 e. The van der Waals surface area contributed by atoms with Gasteiger partial charge in [-0.2, -0.15) is 13.2 Å². The minimum Gasteiger partial charge on any atom is -0.370 e. The number of aliphatic imine (C=N–C) groups is 1. The average molecular weight is 336 g/mol. The molecular weight excluding hydrogens is 313 g/mol. The smallest absolute Gasteiger partial charge is 0.370 e. The first-order valence-electron chi connectivity index (χ1n) is 7.49. The Labute approximate surface area is 133 Å². The number of alkyl halides is 3. The van der Waals surface area contributed by atoms with Crippen LogP contribution in [0.2, 0.25) is 0 Å². The van der Waals surface area contributed by atoms with Crippen LogP contribution in [0.25, 0.3) is 0 Å². The number of nitrogens with one attached hydrogen (secondary N) is 1. The molecule has 126 valence electrons. The van der Waals surface area contributed by atoms with Crippen LogP contribution in [-0.2, 0) is 12.7 Å². The monoisotopic (exact) mass is 336 g/mol. The van der Waals surface area contributed by atoms with E-state index in [4.69, 9.17) is 5.73 Å². The summed E-state index contributed by atoms with van der Waals surface area (Å²) in [5.74, 6) is 0.248. The Morgan fingerprint density at radius 3 is 2.59 bits per heavy atom. The molecule has 1 heterocycles. The summed E-state index contributed by atoms with van der Waals surface area (Å²) in [6.45, 7) is 2.97. The molecule has 0 fully saturated rings. The fraction of sp³-hybridized carbons (Fsp3) is 0.714. The number of nitrogens with zero attached hydrogens (tertiary/aromatic N) is 2. The SMILES string of the molecule is CCCCCCCCNC(N)=NCc1nc(C(F)(F)F)cs1. The van der Waals surface area contributed by atoms with E-state index < -0.39 is 11.9 Å². The number of guanidine groups is 1. The molecule has 8 heteroatoms. The molecule has 0 atom stereocenters. The van der Waals surface area contributed by atoms with E-state index in [1.807, 2.05) is 0 Å². The first kappa shape index (κ1) is 18.7. The molecule has 22 heavy (non-hydrogen) atoms. The van der Waals surface area contributed by atoms with E-state index >= 15 is 0 Å². The molecule has 0 aliphatic heterocycles. The maximum absolute atomic E-state index is 12.4. The number of hydrogen-bond acceptors (Lipinski definition) is 3. The average Bonchev–Trinajstić information content (AvgIpc) is 2.93. The van der Waals surface area contributed by atoms with E-state index in [1.54, 1.807) is 0 Å². The number of thiazole rings is 1. The van der Waals surface area contributed by atoms with Gasteiger partial charge in [0.1, 0.15) is 5.01 Å². The van der Waals surface area contributed by atoms with Gasteiger partial charge in [0.05, 0.1) is 6.54 Å².